The van der Waals surface area contributed by atoms with E-state index in [1.165, 1.54) is 24.3 Å². The Kier molecular flexibility index (Phi) is 5.34. The van der Waals surface area contributed by atoms with E-state index in [1.807, 2.05) is 0 Å². The summed E-state index contributed by atoms with van der Waals surface area (Å²) in [5.74, 6) is -0.0418. The summed E-state index contributed by atoms with van der Waals surface area (Å²) in [7, 11) is 1.48. The molecule has 1 atom stereocenters. The zero-order chi connectivity index (χ0) is 15.2. The van der Waals surface area contributed by atoms with E-state index in [4.69, 9.17) is 4.74 Å². The van der Waals surface area contributed by atoms with E-state index >= 15 is 0 Å². The molecule has 0 aliphatic rings. The van der Waals surface area contributed by atoms with Crippen LogP contribution in [0, 0.1) is 5.82 Å². The summed E-state index contributed by atoms with van der Waals surface area (Å²) in [6.45, 7) is 5.03. The maximum Gasteiger partial charge on any atom is 0.165 e. The highest BCUT2D eigenvalue weighted by atomic mass is 19.1. The Morgan fingerprint density at radius 2 is 1.86 bits per heavy atom. The monoisotopic (exact) mass is 287 g/mol. The molecule has 0 spiro atoms. The Balaban J connectivity index is 2.06. The maximum atomic E-state index is 13.4. The van der Waals surface area contributed by atoms with Crippen LogP contribution in [0.25, 0.3) is 0 Å². The molecule has 0 saturated heterocycles. The van der Waals surface area contributed by atoms with Crippen LogP contribution >= 0.6 is 0 Å². The largest absolute Gasteiger partial charge is 0.494 e. The minimum Gasteiger partial charge on any atom is -0.494 e. The highest BCUT2D eigenvalue weighted by molar-refractivity contribution is 5.32. The standard InChI is InChI=1S/C18H22FNO/c1-4-14-7-5-6-8-16(14)12-20-13(2)15-9-10-17(19)18(11-15)21-3/h5-11,13,20H,4,12H2,1-3H3. The predicted octanol–water partition coefficient (Wildman–Crippen LogP) is 4.25. The highest BCUT2D eigenvalue weighted by Crippen LogP contribution is 2.23. The van der Waals surface area contributed by atoms with Gasteiger partial charge in [0.05, 0.1) is 7.11 Å². The molecule has 2 aromatic rings. The second-order valence-electron chi connectivity index (χ2n) is 5.12. The first-order valence-corrected chi connectivity index (χ1v) is 7.29. The van der Waals surface area contributed by atoms with Gasteiger partial charge in [-0.25, -0.2) is 4.39 Å². The summed E-state index contributed by atoms with van der Waals surface area (Å²) in [6.07, 6.45) is 1.02. The summed E-state index contributed by atoms with van der Waals surface area (Å²) in [5, 5.41) is 3.48. The fourth-order valence-corrected chi connectivity index (χ4v) is 2.40. The SMILES string of the molecule is CCc1ccccc1CNC(C)c1ccc(F)c(OC)c1. The predicted molar refractivity (Wildman–Crippen MR) is 84.0 cm³/mol. The van der Waals surface area contributed by atoms with Crippen molar-refractivity contribution in [2.75, 3.05) is 7.11 Å². The summed E-state index contributed by atoms with van der Waals surface area (Å²) in [4.78, 5) is 0. The van der Waals surface area contributed by atoms with Crippen LogP contribution in [-0.2, 0) is 13.0 Å². The lowest BCUT2D eigenvalue weighted by molar-refractivity contribution is 0.385. The summed E-state index contributed by atoms with van der Waals surface area (Å²) < 4.78 is 18.5. The smallest absolute Gasteiger partial charge is 0.165 e. The van der Waals surface area contributed by atoms with E-state index in [0.29, 0.717) is 0 Å². The Morgan fingerprint density at radius 3 is 2.52 bits per heavy atom. The number of methoxy groups -OCH3 is 1. The Bertz CT molecular complexity index is 598. The van der Waals surface area contributed by atoms with Crippen molar-refractivity contribution in [2.45, 2.75) is 32.9 Å². The topological polar surface area (TPSA) is 21.3 Å². The van der Waals surface area contributed by atoms with Gasteiger partial charge in [-0.3, -0.25) is 0 Å². The molecule has 0 aliphatic heterocycles. The second kappa shape index (κ2) is 7.23. The third-order valence-electron chi connectivity index (χ3n) is 3.77. The Labute approximate surface area is 126 Å². The Hall–Kier alpha value is -1.87. The number of nitrogens with one attached hydrogen (secondary N) is 1. The Morgan fingerprint density at radius 1 is 1.14 bits per heavy atom. The minimum absolute atomic E-state index is 0.129. The highest BCUT2D eigenvalue weighted by Gasteiger charge is 2.10. The molecule has 3 heteroatoms. The number of hydrogen-bond acceptors (Lipinski definition) is 2. The van der Waals surface area contributed by atoms with Crippen LogP contribution in [0.15, 0.2) is 42.5 Å². The van der Waals surface area contributed by atoms with Gasteiger partial charge >= 0.3 is 0 Å². The zero-order valence-corrected chi connectivity index (χ0v) is 12.8. The van der Waals surface area contributed by atoms with Crippen molar-refractivity contribution in [3.8, 4) is 5.75 Å². The number of ether oxygens (including phenoxy) is 1. The van der Waals surface area contributed by atoms with Gasteiger partial charge in [0.1, 0.15) is 0 Å². The lowest BCUT2D eigenvalue weighted by Gasteiger charge is -2.17. The van der Waals surface area contributed by atoms with Crippen molar-refractivity contribution in [2.24, 2.45) is 0 Å². The summed E-state index contributed by atoms with van der Waals surface area (Å²) in [5.41, 5.74) is 3.68. The first-order valence-electron chi connectivity index (χ1n) is 7.29. The fraction of sp³-hybridized carbons (Fsp3) is 0.333. The fourth-order valence-electron chi connectivity index (χ4n) is 2.40. The molecule has 21 heavy (non-hydrogen) atoms. The van der Waals surface area contributed by atoms with Crippen LogP contribution in [0.4, 0.5) is 4.39 Å². The van der Waals surface area contributed by atoms with Crippen molar-refractivity contribution >= 4 is 0 Å². The molecule has 1 N–H and O–H groups in total. The van der Waals surface area contributed by atoms with Crippen molar-refractivity contribution in [1.29, 1.82) is 0 Å². The average molecular weight is 287 g/mol. The second-order valence-corrected chi connectivity index (χ2v) is 5.12. The van der Waals surface area contributed by atoms with Crippen LogP contribution < -0.4 is 10.1 Å². The first kappa shape index (κ1) is 15.5. The molecule has 2 aromatic carbocycles. The van der Waals surface area contributed by atoms with Gasteiger partial charge in [0, 0.05) is 12.6 Å². The molecular weight excluding hydrogens is 265 g/mol. The summed E-state index contributed by atoms with van der Waals surface area (Å²) >= 11 is 0. The molecule has 2 nitrogen and oxygen atoms in total. The van der Waals surface area contributed by atoms with Gasteiger partial charge in [0.25, 0.3) is 0 Å². The number of rotatable bonds is 6. The van der Waals surface area contributed by atoms with E-state index in [1.54, 1.807) is 12.1 Å². The van der Waals surface area contributed by atoms with E-state index in [-0.39, 0.29) is 17.6 Å². The lowest BCUT2D eigenvalue weighted by Crippen LogP contribution is -2.19. The number of halogens is 1. The molecule has 112 valence electrons. The zero-order valence-electron chi connectivity index (χ0n) is 12.8. The molecule has 0 radical (unpaired) electrons. The van der Waals surface area contributed by atoms with Crippen molar-refractivity contribution < 1.29 is 9.13 Å². The van der Waals surface area contributed by atoms with Gasteiger partial charge in [0.2, 0.25) is 0 Å². The van der Waals surface area contributed by atoms with Gasteiger partial charge in [-0.1, -0.05) is 37.3 Å². The number of hydrogen-bond donors (Lipinski definition) is 1. The van der Waals surface area contributed by atoms with E-state index in [2.05, 4.69) is 43.4 Å². The quantitative estimate of drug-likeness (QED) is 0.857. The molecule has 0 saturated carbocycles. The van der Waals surface area contributed by atoms with Crippen molar-refractivity contribution in [3.05, 3.63) is 65.0 Å². The van der Waals surface area contributed by atoms with Crippen LogP contribution in [-0.4, -0.2) is 7.11 Å². The molecule has 0 aromatic heterocycles. The molecule has 1 unspecified atom stereocenters. The first-order chi connectivity index (χ1) is 10.2. The minimum atomic E-state index is -0.329. The maximum absolute atomic E-state index is 13.4. The molecular formula is C18H22FNO. The number of benzene rings is 2. The van der Waals surface area contributed by atoms with Crippen molar-refractivity contribution in [1.82, 2.24) is 5.32 Å². The van der Waals surface area contributed by atoms with Gasteiger partial charge < -0.3 is 10.1 Å². The molecule has 2 rings (SSSR count). The van der Waals surface area contributed by atoms with Gasteiger partial charge in [0.15, 0.2) is 11.6 Å². The number of aryl methyl sites for hydroxylation is 1. The van der Waals surface area contributed by atoms with Gasteiger partial charge in [-0.2, -0.15) is 0 Å². The van der Waals surface area contributed by atoms with Gasteiger partial charge in [-0.15, -0.1) is 0 Å². The lowest BCUT2D eigenvalue weighted by atomic mass is 10.0. The van der Waals surface area contributed by atoms with Crippen LogP contribution in [0.2, 0.25) is 0 Å². The summed E-state index contributed by atoms with van der Waals surface area (Å²) in [6, 6.07) is 13.5. The third-order valence-corrected chi connectivity index (χ3v) is 3.77. The van der Waals surface area contributed by atoms with E-state index in [0.717, 1.165) is 18.5 Å². The molecule has 0 heterocycles. The normalized spacial score (nSPS) is 12.2. The van der Waals surface area contributed by atoms with Crippen LogP contribution in [0.1, 0.15) is 36.6 Å². The van der Waals surface area contributed by atoms with E-state index in [9.17, 15) is 4.39 Å². The third kappa shape index (κ3) is 3.82. The average Bonchev–Trinajstić information content (AvgIpc) is 2.53. The molecule has 0 fully saturated rings. The molecule has 0 aliphatic carbocycles. The van der Waals surface area contributed by atoms with Gasteiger partial charge in [-0.05, 0) is 42.2 Å². The van der Waals surface area contributed by atoms with Crippen LogP contribution in [0.5, 0.6) is 5.75 Å². The van der Waals surface area contributed by atoms with E-state index < -0.39 is 0 Å². The van der Waals surface area contributed by atoms with Crippen LogP contribution in [0.3, 0.4) is 0 Å². The van der Waals surface area contributed by atoms with Crippen molar-refractivity contribution in [3.63, 3.8) is 0 Å². The molecule has 0 amide bonds. The molecule has 0 bridgehead atoms.